The third-order valence-corrected chi connectivity index (χ3v) is 0. The van der Waals surface area contributed by atoms with Crippen molar-refractivity contribution in [3.05, 3.63) is 0 Å². The molecule has 0 heterocycles. The van der Waals surface area contributed by atoms with Gasteiger partial charge in [0.1, 0.15) is 0 Å². The van der Waals surface area contributed by atoms with Crippen molar-refractivity contribution in [1.82, 2.24) is 0 Å². The molecule has 0 saturated carbocycles. The average Bonchev–Trinajstić information content (AvgIpc) is 0. The number of hydrogen-bond donors (Lipinski definition) is 0. The molecule has 0 bridgehead atoms. The van der Waals surface area contributed by atoms with E-state index < -0.39 is 0 Å². The smallest absolute Gasteiger partial charge is 0 e. The van der Waals surface area contributed by atoms with Crippen LogP contribution < -0.4 is 0 Å². The Balaban J connectivity index is 0. The summed E-state index contributed by atoms with van der Waals surface area (Å²) in [5, 5.41) is 0. The van der Waals surface area contributed by atoms with Crippen LogP contribution in [0.1, 0.15) is 0 Å². The van der Waals surface area contributed by atoms with Crippen LogP contribution in [-0.2, 0) is 55.9 Å². The molecule has 4 heavy (non-hydrogen) atoms. The van der Waals surface area contributed by atoms with E-state index in [9.17, 15) is 0 Å². The third-order valence-electron chi connectivity index (χ3n) is 0. The van der Waals surface area contributed by atoms with Gasteiger partial charge in [0.05, 0.1) is 0 Å². The fraction of sp³-hybridized carbons (Fsp3) is 0. The molecule has 4 heteroatoms. The van der Waals surface area contributed by atoms with Gasteiger partial charge in [-0.15, -0.1) is 0 Å². The van der Waals surface area contributed by atoms with E-state index in [0.29, 0.717) is 0 Å². The van der Waals surface area contributed by atoms with Crippen LogP contribution in [0.5, 0.6) is 0 Å². The van der Waals surface area contributed by atoms with Gasteiger partial charge in [0.15, 0.2) is 0 Å². The standard InChI is InChI=1S/Co.Cr.Mg.Ti.2H. The van der Waals surface area contributed by atoms with E-state index in [1.165, 1.54) is 0 Å². The number of rotatable bonds is 0. The molecule has 0 aliphatic carbocycles. The Hall–Kier alpha value is 2.52. The van der Waals surface area contributed by atoms with Crippen LogP contribution in [-0.4, -0.2) is 23.1 Å². The molecule has 1 radical (unpaired) electrons. The first-order valence-electron chi connectivity index (χ1n) is 0. The Morgan fingerprint density at radius 1 is 1.00 bits per heavy atom. The van der Waals surface area contributed by atoms with Crippen molar-refractivity contribution < 1.29 is 55.9 Å². The van der Waals surface area contributed by atoms with Gasteiger partial charge in [-0.25, -0.2) is 0 Å². The SMILES string of the molecule is [Co].[Cr].[MgH2].[Ti]. The second-order valence-corrected chi connectivity index (χ2v) is 0. The van der Waals surface area contributed by atoms with E-state index in [0.717, 1.165) is 0 Å². The van der Waals surface area contributed by atoms with Gasteiger partial charge in [0.25, 0.3) is 0 Å². The normalized spacial score (nSPS) is 0. The number of hydrogen-bond acceptors (Lipinski definition) is 0. The monoisotopic (exact) mass is 185 g/mol. The molecule has 0 aliphatic rings. The molecule has 0 aromatic rings. The first kappa shape index (κ1) is 31.3. The minimum absolute atomic E-state index is 0. The van der Waals surface area contributed by atoms with E-state index in [4.69, 9.17) is 0 Å². The molecule has 0 saturated heterocycles. The van der Waals surface area contributed by atoms with Crippen LogP contribution in [0.3, 0.4) is 0 Å². The minimum Gasteiger partial charge on any atom is 0 e. The summed E-state index contributed by atoms with van der Waals surface area (Å²) in [6, 6.07) is 0. The van der Waals surface area contributed by atoms with Gasteiger partial charge < -0.3 is 0 Å². The summed E-state index contributed by atoms with van der Waals surface area (Å²) in [5.74, 6) is 0. The predicted octanol–water partition coefficient (Wildman–Crippen LogP) is -0.924. The van der Waals surface area contributed by atoms with Gasteiger partial charge in [-0.3, -0.25) is 0 Å². The van der Waals surface area contributed by atoms with Crippen LogP contribution in [0.25, 0.3) is 0 Å². The fourth-order valence-electron chi connectivity index (χ4n) is 0. The maximum Gasteiger partial charge on any atom is 0.316 e. The summed E-state index contributed by atoms with van der Waals surface area (Å²) < 4.78 is 0. The zero-order valence-corrected chi connectivity index (χ0v) is 5.12. The van der Waals surface area contributed by atoms with Crippen LogP contribution in [0, 0.1) is 0 Å². The summed E-state index contributed by atoms with van der Waals surface area (Å²) in [6.07, 6.45) is 0. The van der Waals surface area contributed by atoms with Crippen LogP contribution in [0.4, 0.5) is 0 Å². The van der Waals surface area contributed by atoms with Crippen LogP contribution in [0.15, 0.2) is 0 Å². The molecule has 0 aromatic heterocycles. The van der Waals surface area contributed by atoms with E-state index in [1.807, 2.05) is 0 Å². The molecular formula is H2CoCrMgTi. The molecule has 0 fully saturated rings. The summed E-state index contributed by atoms with van der Waals surface area (Å²) in [5.41, 5.74) is 0. The second kappa shape index (κ2) is 17.8. The Morgan fingerprint density at radius 2 is 1.00 bits per heavy atom. The van der Waals surface area contributed by atoms with Gasteiger partial charge in [0.2, 0.25) is 0 Å². The van der Waals surface area contributed by atoms with Crippen LogP contribution in [0.2, 0.25) is 0 Å². The van der Waals surface area contributed by atoms with Crippen LogP contribution >= 0.6 is 0 Å². The molecular weight excluding hydrogens is 183 g/mol. The zero-order chi connectivity index (χ0) is 0. The molecule has 0 amide bonds. The Morgan fingerprint density at radius 3 is 1.00 bits per heavy atom. The van der Waals surface area contributed by atoms with E-state index in [-0.39, 0.29) is 78.9 Å². The largest absolute Gasteiger partial charge is 0.316 e. The minimum atomic E-state index is 0. The Kier molecular flexibility index (Phi) is 139. The summed E-state index contributed by atoms with van der Waals surface area (Å²) in [4.78, 5) is 0. The van der Waals surface area contributed by atoms with Crippen molar-refractivity contribution in [2.24, 2.45) is 0 Å². The topological polar surface area (TPSA) is 0 Å². The third kappa shape index (κ3) is 8.82. The first-order valence-corrected chi connectivity index (χ1v) is 0. The van der Waals surface area contributed by atoms with Crippen molar-refractivity contribution in [2.75, 3.05) is 0 Å². The summed E-state index contributed by atoms with van der Waals surface area (Å²) in [7, 11) is 0. The molecule has 0 spiro atoms. The van der Waals surface area contributed by atoms with Crippen molar-refractivity contribution in [3.63, 3.8) is 0 Å². The maximum atomic E-state index is 0. The Labute approximate surface area is 77.8 Å². The van der Waals surface area contributed by atoms with E-state index in [2.05, 4.69) is 0 Å². The van der Waals surface area contributed by atoms with Gasteiger partial charge in [-0.2, -0.15) is 0 Å². The molecule has 0 aliphatic heterocycles. The fourth-order valence-corrected chi connectivity index (χ4v) is 0. The predicted molar refractivity (Wildman–Crippen MR) is 8.54 cm³/mol. The second-order valence-electron chi connectivity index (χ2n) is 0. The first-order chi connectivity index (χ1) is 0. The summed E-state index contributed by atoms with van der Waals surface area (Å²) in [6.45, 7) is 0. The molecule has 0 atom stereocenters. The van der Waals surface area contributed by atoms with Crippen molar-refractivity contribution in [1.29, 1.82) is 0 Å². The van der Waals surface area contributed by atoms with Gasteiger partial charge in [-0.1, -0.05) is 0 Å². The maximum absolute atomic E-state index is 0. The molecule has 23 valence electrons. The van der Waals surface area contributed by atoms with Gasteiger partial charge >= 0.3 is 23.1 Å². The van der Waals surface area contributed by atoms with Crippen molar-refractivity contribution in [3.8, 4) is 0 Å². The van der Waals surface area contributed by atoms with Crippen molar-refractivity contribution >= 4 is 23.1 Å². The average molecular weight is 185 g/mol. The van der Waals surface area contributed by atoms with E-state index in [1.54, 1.807) is 0 Å². The zero-order valence-electron chi connectivity index (χ0n) is 1.24. The molecule has 0 aromatic carbocycles. The molecule has 0 nitrogen and oxygen atoms in total. The Bertz CT molecular complexity index is 8.00. The molecule has 0 rings (SSSR count). The molecule has 0 unspecified atom stereocenters. The van der Waals surface area contributed by atoms with E-state index >= 15 is 0 Å². The summed E-state index contributed by atoms with van der Waals surface area (Å²) >= 11 is 0. The van der Waals surface area contributed by atoms with Gasteiger partial charge in [-0.05, 0) is 0 Å². The van der Waals surface area contributed by atoms with Gasteiger partial charge in [0, 0.05) is 55.9 Å². The molecule has 0 N–H and O–H groups in total. The van der Waals surface area contributed by atoms with Crippen molar-refractivity contribution in [2.45, 2.75) is 0 Å². The quantitative estimate of drug-likeness (QED) is 0.428.